The van der Waals surface area contributed by atoms with Gasteiger partial charge in [-0.2, -0.15) is 0 Å². The molecule has 1 N–H and O–H groups in total. The van der Waals surface area contributed by atoms with Gasteiger partial charge in [-0.3, -0.25) is 0 Å². The van der Waals surface area contributed by atoms with Crippen LogP contribution in [0.15, 0.2) is 11.3 Å². The van der Waals surface area contributed by atoms with Gasteiger partial charge >= 0.3 is 11.9 Å². The van der Waals surface area contributed by atoms with Crippen molar-refractivity contribution >= 4 is 11.9 Å². The van der Waals surface area contributed by atoms with Gasteiger partial charge in [0.15, 0.2) is 5.57 Å². The maximum atomic E-state index is 11.8. The standard InChI is InChI=1S/C20H34O5/c1-4-5-6-7-8-9-10-11-12-13-14-15-16(21)17-18(22)24-20(2,3)25-19(17)23/h21H,4-15H2,1-3H3. The number of allylic oxidation sites excluding steroid dienone is 1. The van der Waals surface area contributed by atoms with Crippen LogP contribution < -0.4 is 0 Å². The number of rotatable bonds is 12. The van der Waals surface area contributed by atoms with Crippen molar-refractivity contribution < 1.29 is 24.2 Å². The van der Waals surface area contributed by atoms with Crippen molar-refractivity contribution in [1.29, 1.82) is 0 Å². The van der Waals surface area contributed by atoms with Crippen LogP contribution in [-0.2, 0) is 19.1 Å². The molecule has 0 aromatic heterocycles. The lowest BCUT2D eigenvalue weighted by atomic mass is 10.0. The molecule has 1 rings (SSSR count). The highest BCUT2D eigenvalue weighted by atomic mass is 16.7. The summed E-state index contributed by atoms with van der Waals surface area (Å²) in [5, 5.41) is 10.0. The van der Waals surface area contributed by atoms with Crippen LogP contribution >= 0.6 is 0 Å². The average molecular weight is 354 g/mol. The molecule has 1 saturated heterocycles. The van der Waals surface area contributed by atoms with E-state index < -0.39 is 17.7 Å². The predicted octanol–water partition coefficient (Wildman–Crippen LogP) is 5.34. The van der Waals surface area contributed by atoms with E-state index in [1.165, 1.54) is 65.2 Å². The van der Waals surface area contributed by atoms with Crippen LogP contribution in [0.4, 0.5) is 0 Å². The van der Waals surface area contributed by atoms with E-state index in [0.29, 0.717) is 6.42 Å². The summed E-state index contributed by atoms with van der Waals surface area (Å²) in [6.45, 7) is 5.20. The molecule has 0 bridgehead atoms. The quantitative estimate of drug-likeness (QED) is 0.168. The van der Waals surface area contributed by atoms with Crippen LogP contribution in [0.25, 0.3) is 0 Å². The monoisotopic (exact) mass is 354 g/mol. The van der Waals surface area contributed by atoms with Crippen molar-refractivity contribution in [2.45, 2.75) is 104 Å². The lowest BCUT2D eigenvalue weighted by molar-refractivity contribution is -0.222. The summed E-state index contributed by atoms with van der Waals surface area (Å²) in [5.41, 5.74) is -0.355. The number of aliphatic hydroxyl groups excluding tert-OH is 1. The molecule has 0 aromatic rings. The summed E-state index contributed by atoms with van der Waals surface area (Å²) in [5.74, 6) is -3.10. The van der Waals surface area contributed by atoms with Crippen LogP contribution in [0.3, 0.4) is 0 Å². The van der Waals surface area contributed by atoms with Crippen LogP contribution in [-0.4, -0.2) is 22.8 Å². The van der Waals surface area contributed by atoms with Gasteiger partial charge in [0.2, 0.25) is 0 Å². The molecule has 5 nitrogen and oxygen atoms in total. The number of cyclic esters (lactones) is 2. The summed E-state index contributed by atoms with van der Waals surface area (Å²) in [6, 6.07) is 0. The van der Waals surface area contributed by atoms with Gasteiger partial charge in [-0.05, 0) is 6.42 Å². The lowest BCUT2D eigenvalue weighted by Gasteiger charge is -2.30. The Balaban J connectivity index is 2.15. The fraction of sp³-hybridized carbons (Fsp3) is 0.800. The second kappa shape index (κ2) is 11.2. The number of hydrogen-bond donors (Lipinski definition) is 1. The molecule has 0 amide bonds. The number of hydrogen-bond acceptors (Lipinski definition) is 5. The second-order valence-corrected chi connectivity index (χ2v) is 7.29. The molecular weight excluding hydrogens is 320 g/mol. The molecular formula is C20H34O5. The predicted molar refractivity (Wildman–Crippen MR) is 97.0 cm³/mol. The minimum absolute atomic E-state index is 0.221. The first kappa shape index (κ1) is 21.5. The van der Waals surface area contributed by atoms with Crippen LogP contribution in [0.2, 0.25) is 0 Å². The van der Waals surface area contributed by atoms with Gasteiger partial charge in [0.25, 0.3) is 5.79 Å². The molecule has 0 saturated carbocycles. The highest BCUT2D eigenvalue weighted by Gasteiger charge is 2.40. The Morgan fingerprint density at radius 2 is 1.20 bits per heavy atom. The molecule has 144 valence electrons. The molecule has 1 fully saturated rings. The zero-order valence-corrected chi connectivity index (χ0v) is 16.1. The first-order valence-corrected chi connectivity index (χ1v) is 9.76. The molecule has 1 aliphatic rings. The Morgan fingerprint density at radius 3 is 1.64 bits per heavy atom. The molecule has 5 heteroatoms. The maximum absolute atomic E-state index is 11.8. The zero-order valence-electron chi connectivity index (χ0n) is 16.1. The molecule has 25 heavy (non-hydrogen) atoms. The van der Waals surface area contributed by atoms with E-state index in [-0.39, 0.29) is 11.3 Å². The summed E-state index contributed by atoms with van der Waals surface area (Å²) in [4.78, 5) is 23.6. The summed E-state index contributed by atoms with van der Waals surface area (Å²) >= 11 is 0. The molecule has 0 unspecified atom stereocenters. The van der Waals surface area contributed by atoms with Gasteiger partial charge in [0, 0.05) is 20.3 Å². The van der Waals surface area contributed by atoms with E-state index in [9.17, 15) is 14.7 Å². The van der Waals surface area contributed by atoms with Gasteiger partial charge in [-0.1, -0.05) is 71.1 Å². The molecule has 0 atom stereocenters. The third kappa shape index (κ3) is 8.41. The van der Waals surface area contributed by atoms with Crippen molar-refractivity contribution in [3.05, 3.63) is 11.3 Å². The summed E-state index contributed by atoms with van der Waals surface area (Å²) in [6.07, 6.45) is 13.5. The third-order valence-corrected chi connectivity index (χ3v) is 4.39. The summed E-state index contributed by atoms with van der Waals surface area (Å²) < 4.78 is 9.97. The molecule has 0 spiro atoms. The third-order valence-electron chi connectivity index (χ3n) is 4.39. The minimum atomic E-state index is -1.27. The van der Waals surface area contributed by atoms with Crippen molar-refractivity contribution in [1.82, 2.24) is 0 Å². The van der Waals surface area contributed by atoms with Crippen molar-refractivity contribution in [2.75, 3.05) is 0 Å². The Bertz CT molecular complexity index is 443. The molecule has 0 radical (unpaired) electrons. The minimum Gasteiger partial charge on any atom is -0.511 e. The van der Waals surface area contributed by atoms with Crippen molar-refractivity contribution in [3.63, 3.8) is 0 Å². The molecule has 1 aliphatic heterocycles. The Morgan fingerprint density at radius 1 is 0.800 bits per heavy atom. The highest BCUT2D eigenvalue weighted by molar-refractivity contribution is 6.15. The largest absolute Gasteiger partial charge is 0.511 e. The fourth-order valence-corrected chi connectivity index (χ4v) is 2.97. The summed E-state index contributed by atoms with van der Waals surface area (Å²) in [7, 11) is 0. The first-order chi connectivity index (χ1) is 11.9. The van der Waals surface area contributed by atoms with Crippen LogP contribution in [0.5, 0.6) is 0 Å². The lowest BCUT2D eigenvalue weighted by Crippen LogP contribution is -2.42. The van der Waals surface area contributed by atoms with Gasteiger partial charge in [-0.15, -0.1) is 0 Å². The van der Waals surface area contributed by atoms with E-state index in [1.54, 1.807) is 0 Å². The Hall–Kier alpha value is -1.52. The van der Waals surface area contributed by atoms with Gasteiger partial charge in [-0.25, -0.2) is 9.59 Å². The Labute approximate surface area is 151 Å². The number of carbonyl (C=O) groups is 2. The van der Waals surface area contributed by atoms with E-state index >= 15 is 0 Å². The van der Waals surface area contributed by atoms with E-state index in [2.05, 4.69) is 6.92 Å². The van der Waals surface area contributed by atoms with Gasteiger partial charge < -0.3 is 14.6 Å². The smallest absolute Gasteiger partial charge is 0.352 e. The number of aliphatic hydroxyl groups is 1. The van der Waals surface area contributed by atoms with Crippen LogP contribution in [0.1, 0.15) is 97.8 Å². The average Bonchev–Trinajstić information content (AvgIpc) is 2.50. The van der Waals surface area contributed by atoms with Crippen molar-refractivity contribution in [3.8, 4) is 0 Å². The number of ether oxygens (including phenoxy) is 2. The van der Waals surface area contributed by atoms with E-state index in [1.807, 2.05) is 0 Å². The zero-order chi connectivity index (χ0) is 18.7. The van der Waals surface area contributed by atoms with Crippen molar-refractivity contribution in [2.24, 2.45) is 0 Å². The van der Waals surface area contributed by atoms with E-state index in [0.717, 1.165) is 19.3 Å². The van der Waals surface area contributed by atoms with Gasteiger partial charge in [0.1, 0.15) is 5.76 Å². The maximum Gasteiger partial charge on any atom is 0.352 e. The Kier molecular flexibility index (Phi) is 9.61. The number of carbonyl (C=O) groups excluding carboxylic acids is 2. The van der Waals surface area contributed by atoms with Crippen LogP contribution in [0, 0.1) is 0 Å². The first-order valence-electron chi connectivity index (χ1n) is 9.76. The number of esters is 2. The normalized spacial score (nSPS) is 16.5. The van der Waals surface area contributed by atoms with E-state index in [4.69, 9.17) is 9.47 Å². The molecule has 1 heterocycles. The number of unbranched alkanes of at least 4 members (excludes halogenated alkanes) is 10. The molecule has 0 aliphatic carbocycles. The SMILES string of the molecule is CCCCCCCCCCCCCC(O)=C1C(=O)OC(C)(C)OC1=O. The topological polar surface area (TPSA) is 72.8 Å². The fourth-order valence-electron chi connectivity index (χ4n) is 2.97. The van der Waals surface area contributed by atoms with Gasteiger partial charge in [0.05, 0.1) is 0 Å². The highest BCUT2D eigenvalue weighted by Crippen LogP contribution is 2.25. The second-order valence-electron chi connectivity index (χ2n) is 7.29. The molecule has 0 aromatic carbocycles.